The Hall–Kier alpha value is -1.73. The van der Waals surface area contributed by atoms with Crippen molar-refractivity contribution < 1.29 is 14.4 Å². The predicted molar refractivity (Wildman–Crippen MR) is 53.7 cm³/mol. The molecule has 0 unspecified atom stereocenters. The van der Waals surface area contributed by atoms with Crippen LogP contribution in [0.15, 0.2) is 30.5 Å². The summed E-state index contributed by atoms with van der Waals surface area (Å²) in [5, 5.41) is 9.10. The first-order valence-corrected chi connectivity index (χ1v) is 5.89. The van der Waals surface area contributed by atoms with Gasteiger partial charge in [-0.05, 0) is 24.4 Å². The van der Waals surface area contributed by atoms with Crippen LogP contribution in [0.2, 0.25) is 0 Å². The molecule has 0 aliphatic rings. The van der Waals surface area contributed by atoms with Gasteiger partial charge in [-0.15, -0.1) is 0 Å². The predicted octanol–water partition coefficient (Wildman–Crippen LogP) is -0.355. The summed E-state index contributed by atoms with van der Waals surface area (Å²) in [7, 11) is -4.83. The third-order valence-electron chi connectivity index (χ3n) is 2.18. The average Bonchev–Trinajstić information content (AvgIpc) is 2.26. The maximum Gasteiger partial charge on any atom is 0.148 e. The molecule has 2 aromatic rings. The largest absolute Gasteiger partial charge is 0.807 e. The van der Waals surface area contributed by atoms with Gasteiger partial charge >= 0.3 is 0 Å². The van der Waals surface area contributed by atoms with Gasteiger partial charge in [0.25, 0.3) is 0 Å². The van der Waals surface area contributed by atoms with Crippen molar-refractivity contribution in [2.45, 2.75) is 0 Å². The lowest BCUT2D eigenvalue weighted by Gasteiger charge is -2.30. The number of aromatic nitrogens is 1. The van der Waals surface area contributed by atoms with Crippen LogP contribution in [0.25, 0.3) is 10.8 Å². The summed E-state index contributed by atoms with van der Waals surface area (Å²) in [6.07, 6.45) is 1.31. The average molecular weight is 232 g/mol. The van der Waals surface area contributed by atoms with E-state index in [1.54, 1.807) is 6.07 Å². The van der Waals surface area contributed by atoms with Gasteiger partial charge in [0, 0.05) is 11.6 Å². The van der Waals surface area contributed by atoms with Crippen molar-refractivity contribution in [2.75, 3.05) is 0 Å². The summed E-state index contributed by atoms with van der Waals surface area (Å²) in [6.45, 7) is 0. The van der Waals surface area contributed by atoms with Crippen molar-refractivity contribution in [3.8, 4) is 6.07 Å². The topological polar surface area (TPSA) is 99.9 Å². The van der Waals surface area contributed by atoms with Crippen molar-refractivity contribution in [2.24, 2.45) is 0 Å². The van der Waals surface area contributed by atoms with Crippen molar-refractivity contribution in [1.29, 1.82) is 5.26 Å². The molecule has 80 valence electrons. The molecule has 0 spiro atoms. The molecule has 0 aliphatic carbocycles. The number of rotatable bonds is 1. The first-order valence-electron chi connectivity index (χ1n) is 4.34. The third-order valence-corrected chi connectivity index (χ3v) is 3.16. The van der Waals surface area contributed by atoms with Gasteiger partial charge in [-0.3, -0.25) is 0 Å². The number of fused-ring (bicyclic) bond motifs is 1. The highest BCUT2D eigenvalue weighted by Crippen LogP contribution is 2.28. The van der Waals surface area contributed by atoms with E-state index in [-0.39, 0.29) is 16.4 Å². The molecule has 0 bridgehead atoms. The molecular weight excluding hydrogens is 227 g/mol. The van der Waals surface area contributed by atoms with Crippen molar-refractivity contribution >= 4 is 23.7 Å². The lowest BCUT2D eigenvalue weighted by Crippen LogP contribution is -2.25. The second kappa shape index (κ2) is 3.69. The SMILES string of the molecule is N#Cc1nccc2c(P(=O)([O-])[O-])cccc12. The number of hydrogen-bond donors (Lipinski definition) is 0. The Bertz CT molecular complexity index is 642. The molecule has 16 heavy (non-hydrogen) atoms. The van der Waals surface area contributed by atoms with Crippen LogP contribution in [0.1, 0.15) is 5.69 Å². The highest BCUT2D eigenvalue weighted by Gasteiger charge is 2.07. The number of nitrogens with zero attached hydrogens (tertiary/aromatic N) is 2. The number of benzene rings is 1. The summed E-state index contributed by atoms with van der Waals surface area (Å²) in [5.74, 6) is 0. The van der Waals surface area contributed by atoms with Crippen LogP contribution in [0.5, 0.6) is 0 Å². The van der Waals surface area contributed by atoms with E-state index < -0.39 is 7.60 Å². The maximum absolute atomic E-state index is 11.0. The van der Waals surface area contributed by atoms with E-state index >= 15 is 0 Å². The highest BCUT2D eigenvalue weighted by molar-refractivity contribution is 7.58. The fourth-order valence-electron chi connectivity index (χ4n) is 1.52. The van der Waals surface area contributed by atoms with Crippen LogP contribution in [0.4, 0.5) is 0 Å². The smallest absolute Gasteiger partial charge is 0.148 e. The molecule has 5 nitrogen and oxygen atoms in total. The molecule has 0 aliphatic heterocycles. The van der Waals surface area contributed by atoms with E-state index in [4.69, 9.17) is 5.26 Å². The Morgan fingerprint density at radius 1 is 1.25 bits per heavy atom. The number of pyridine rings is 1. The number of nitriles is 1. The molecule has 0 radical (unpaired) electrons. The molecule has 0 saturated carbocycles. The molecule has 1 heterocycles. The van der Waals surface area contributed by atoms with Crippen LogP contribution in [0, 0.1) is 11.3 Å². The lowest BCUT2D eigenvalue weighted by atomic mass is 10.1. The van der Waals surface area contributed by atoms with E-state index in [2.05, 4.69) is 4.98 Å². The molecule has 1 aromatic heterocycles. The van der Waals surface area contributed by atoms with Crippen molar-refractivity contribution in [3.63, 3.8) is 0 Å². The van der Waals surface area contributed by atoms with Gasteiger partial charge in [0.2, 0.25) is 0 Å². The van der Waals surface area contributed by atoms with Crippen LogP contribution in [-0.2, 0) is 4.57 Å². The highest BCUT2D eigenvalue weighted by atomic mass is 31.2. The van der Waals surface area contributed by atoms with Gasteiger partial charge in [0.1, 0.15) is 11.8 Å². The minimum atomic E-state index is -4.83. The Kier molecular flexibility index (Phi) is 2.49. The first kappa shape index (κ1) is 10.8. The summed E-state index contributed by atoms with van der Waals surface area (Å²) in [6, 6.07) is 7.46. The van der Waals surface area contributed by atoms with Crippen molar-refractivity contribution in [3.05, 3.63) is 36.2 Å². The lowest BCUT2D eigenvalue weighted by molar-refractivity contribution is -0.307. The zero-order chi connectivity index (χ0) is 11.8. The van der Waals surface area contributed by atoms with E-state index in [9.17, 15) is 14.4 Å². The van der Waals surface area contributed by atoms with E-state index in [0.717, 1.165) is 0 Å². The van der Waals surface area contributed by atoms with Gasteiger partial charge in [-0.25, -0.2) is 4.98 Å². The maximum atomic E-state index is 11.0. The molecule has 1 aromatic carbocycles. The van der Waals surface area contributed by atoms with E-state index in [0.29, 0.717) is 5.39 Å². The van der Waals surface area contributed by atoms with Crippen LogP contribution >= 0.6 is 7.60 Å². The first-order chi connectivity index (χ1) is 7.54. The minimum absolute atomic E-state index is 0.104. The monoisotopic (exact) mass is 232 g/mol. The Morgan fingerprint density at radius 3 is 2.62 bits per heavy atom. The van der Waals surface area contributed by atoms with E-state index in [1.807, 2.05) is 6.07 Å². The molecule has 0 saturated heterocycles. The van der Waals surface area contributed by atoms with Crippen LogP contribution < -0.4 is 15.1 Å². The van der Waals surface area contributed by atoms with Gasteiger partial charge in [0.15, 0.2) is 0 Å². The third kappa shape index (κ3) is 1.70. The Balaban J connectivity index is 2.91. The molecule has 0 fully saturated rings. The Labute approximate surface area is 91.1 Å². The normalized spacial score (nSPS) is 11.3. The summed E-state index contributed by atoms with van der Waals surface area (Å²) >= 11 is 0. The molecule has 0 atom stereocenters. The van der Waals surface area contributed by atoms with Gasteiger partial charge in [-0.2, -0.15) is 5.26 Å². The fraction of sp³-hybridized carbons (Fsp3) is 0. The zero-order valence-corrected chi connectivity index (χ0v) is 8.85. The van der Waals surface area contributed by atoms with Crippen molar-refractivity contribution in [1.82, 2.24) is 4.98 Å². The van der Waals surface area contributed by atoms with Gasteiger partial charge in [0.05, 0.1) is 0 Å². The van der Waals surface area contributed by atoms with Crippen LogP contribution in [-0.4, -0.2) is 4.98 Å². The van der Waals surface area contributed by atoms with Crippen LogP contribution in [0.3, 0.4) is 0 Å². The summed E-state index contributed by atoms with van der Waals surface area (Å²) in [4.78, 5) is 25.8. The number of hydrogen-bond acceptors (Lipinski definition) is 5. The molecular formula is C10H5N2O3P-2. The quantitative estimate of drug-likeness (QED) is 0.625. The molecule has 2 rings (SSSR count). The zero-order valence-electron chi connectivity index (χ0n) is 7.95. The fourth-order valence-corrected chi connectivity index (χ4v) is 2.28. The second-order valence-corrected chi connectivity index (χ2v) is 4.62. The van der Waals surface area contributed by atoms with Gasteiger partial charge < -0.3 is 14.4 Å². The molecule has 0 amide bonds. The second-order valence-electron chi connectivity index (χ2n) is 3.14. The molecule has 0 N–H and O–H groups in total. The molecule has 6 heteroatoms. The summed E-state index contributed by atoms with van der Waals surface area (Å²) in [5.41, 5.74) is 0.104. The minimum Gasteiger partial charge on any atom is -0.807 e. The standard InChI is InChI=1S/C10H7N2O3P/c11-6-9-7-2-1-3-10(16(13,14)15)8(7)4-5-12-9/h1-5H,(H2,13,14,15)/p-2. The Morgan fingerprint density at radius 2 is 2.00 bits per heavy atom. The van der Waals surface area contributed by atoms with E-state index in [1.165, 1.54) is 24.4 Å². The summed E-state index contributed by atoms with van der Waals surface area (Å²) < 4.78 is 11.0. The van der Waals surface area contributed by atoms with Gasteiger partial charge in [-0.1, -0.05) is 18.2 Å².